The minimum Gasteiger partial charge on any atom is -0.300 e. The Balaban J connectivity index is 2.34. The standard InChI is InChI=1S/C17H14O3/c1-12(18)11-14-9-5-6-10-15(14)17(20)16(19)13-7-3-2-4-8-13/h2-10H,11H2,1H3. The van der Waals surface area contributed by atoms with Gasteiger partial charge < -0.3 is 0 Å². The lowest BCUT2D eigenvalue weighted by Gasteiger charge is -2.06. The predicted octanol–water partition coefficient (Wildman–Crippen LogP) is 2.88. The van der Waals surface area contributed by atoms with E-state index >= 15 is 0 Å². The number of ketones is 3. The van der Waals surface area contributed by atoms with E-state index in [4.69, 9.17) is 0 Å². The lowest BCUT2D eigenvalue weighted by molar-refractivity contribution is -0.116. The van der Waals surface area contributed by atoms with Crippen molar-refractivity contribution in [2.24, 2.45) is 0 Å². The van der Waals surface area contributed by atoms with Gasteiger partial charge in [0.1, 0.15) is 5.78 Å². The Morgan fingerprint density at radius 1 is 0.800 bits per heavy atom. The van der Waals surface area contributed by atoms with Gasteiger partial charge in [-0.25, -0.2) is 0 Å². The molecule has 0 aliphatic carbocycles. The second-order valence-electron chi connectivity index (χ2n) is 4.56. The number of carbonyl (C=O) groups is 3. The van der Waals surface area contributed by atoms with Crippen LogP contribution in [0.25, 0.3) is 0 Å². The molecule has 3 heteroatoms. The van der Waals surface area contributed by atoms with Crippen LogP contribution in [0.3, 0.4) is 0 Å². The molecule has 0 radical (unpaired) electrons. The van der Waals surface area contributed by atoms with Gasteiger partial charge in [0.25, 0.3) is 0 Å². The smallest absolute Gasteiger partial charge is 0.233 e. The zero-order valence-corrected chi connectivity index (χ0v) is 11.1. The number of benzene rings is 2. The molecule has 0 heterocycles. The van der Waals surface area contributed by atoms with Gasteiger partial charge >= 0.3 is 0 Å². The van der Waals surface area contributed by atoms with E-state index in [1.807, 2.05) is 0 Å². The average molecular weight is 266 g/mol. The monoisotopic (exact) mass is 266 g/mol. The number of rotatable bonds is 5. The minimum atomic E-state index is -0.576. The molecule has 0 fully saturated rings. The summed E-state index contributed by atoms with van der Waals surface area (Å²) in [5, 5.41) is 0. The Morgan fingerprint density at radius 3 is 2.05 bits per heavy atom. The molecule has 0 spiro atoms. The van der Waals surface area contributed by atoms with Crippen LogP contribution < -0.4 is 0 Å². The number of hydrogen-bond acceptors (Lipinski definition) is 3. The van der Waals surface area contributed by atoms with E-state index in [-0.39, 0.29) is 12.2 Å². The molecule has 2 aromatic rings. The Bertz CT molecular complexity index is 657. The molecule has 3 nitrogen and oxygen atoms in total. The summed E-state index contributed by atoms with van der Waals surface area (Å²) >= 11 is 0. The molecule has 2 rings (SSSR count). The van der Waals surface area contributed by atoms with E-state index in [2.05, 4.69) is 0 Å². The van der Waals surface area contributed by atoms with Crippen LogP contribution in [0.4, 0.5) is 0 Å². The molecular weight excluding hydrogens is 252 g/mol. The number of carbonyl (C=O) groups excluding carboxylic acids is 3. The Kier molecular flexibility index (Phi) is 4.20. The van der Waals surface area contributed by atoms with Crippen molar-refractivity contribution in [2.75, 3.05) is 0 Å². The van der Waals surface area contributed by atoms with Gasteiger partial charge in [0.15, 0.2) is 0 Å². The van der Waals surface area contributed by atoms with Crippen LogP contribution in [0.2, 0.25) is 0 Å². The third-order valence-corrected chi connectivity index (χ3v) is 2.94. The summed E-state index contributed by atoms with van der Waals surface area (Å²) in [7, 11) is 0. The first-order valence-corrected chi connectivity index (χ1v) is 6.31. The fourth-order valence-electron chi connectivity index (χ4n) is 2.01. The van der Waals surface area contributed by atoms with Crippen molar-refractivity contribution in [1.29, 1.82) is 0 Å². The normalized spacial score (nSPS) is 10.1. The maximum Gasteiger partial charge on any atom is 0.233 e. The van der Waals surface area contributed by atoms with E-state index < -0.39 is 11.6 Å². The van der Waals surface area contributed by atoms with E-state index in [9.17, 15) is 14.4 Å². The average Bonchev–Trinajstić information content (AvgIpc) is 2.46. The molecule has 0 unspecified atom stereocenters. The summed E-state index contributed by atoms with van der Waals surface area (Å²) in [6, 6.07) is 15.1. The Morgan fingerprint density at radius 2 is 1.40 bits per heavy atom. The summed E-state index contributed by atoms with van der Waals surface area (Å²) in [5.41, 5.74) is 1.25. The molecule has 0 aromatic heterocycles. The van der Waals surface area contributed by atoms with Crippen LogP contribution in [0.5, 0.6) is 0 Å². The molecule has 100 valence electrons. The van der Waals surface area contributed by atoms with Crippen LogP contribution in [-0.2, 0) is 11.2 Å². The van der Waals surface area contributed by atoms with Crippen molar-refractivity contribution in [1.82, 2.24) is 0 Å². The van der Waals surface area contributed by atoms with Crippen molar-refractivity contribution < 1.29 is 14.4 Å². The van der Waals surface area contributed by atoms with Crippen LogP contribution in [0.1, 0.15) is 33.2 Å². The zero-order chi connectivity index (χ0) is 14.5. The van der Waals surface area contributed by atoms with Crippen molar-refractivity contribution in [2.45, 2.75) is 13.3 Å². The maximum atomic E-state index is 12.3. The lowest BCUT2D eigenvalue weighted by atomic mass is 9.95. The van der Waals surface area contributed by atoms with Gasteiger partial charge in [-0.3, -0.25) is 14.4 Å². The minimum absolute atomic E-state index is 0.0441. The van der Waals surface area contributed by atoms with Crippen LogP contribution in [-0.4, -0.2) is 17.3 Å². The largest absolute Gasteiger partial charge is 0.300 e. The summed E-state index contributed by atoms with van der Waals surface area (Å²) in [4.78, 5) is 35.7. The van der Waals surface area contributed by atoms with Crippen LogP contribution in [0.15, 0.2) is 54.6 Å². The molecule has 0 atom stereocenters. The highest BCUT2D eigenvalue weighted by Gasteiger charge is 2.20. The van der Waals surface area contributed by atoms with Crippen molar-refractivity contribution >= 4 is 17.3 Å². The fraction of sp³-hybridized carbons (Fsp3) is 0.118. The van der Waals surface area contributed by atoms with E-state index in [0.29, 0.717) is 16.7 Å². The molecule has 2 aromatic carbocycles. The summed E-state index contributed by atoms with van der Waals surface area (Å²) in [5.74, 6) is -1.17. The second kappa shape index (κ2) is 6.06. The molecule has 0 N–H and O–H groups in total. The van der Waals surface area contributed by atoms with Gasteiger partial charge in [-0.1, -0.05) is 54.6 Å². The van der Waals surface area contributed by atoms with Gasteiger partial charge in [0, 0.05) is 17.5 Å². The first-order valence-electron chi connectivity index (χ1n) is 6.31. The van der Waals surface area contributed by atoms with E-state index in [1.165, 1.54) is 6.92 Å². The van der Waals surface area contributed by atoms with Crippen LogP contribution >= 0.6 is 0 Å². The third kappa shape index (κ3) is 3.06. The molecule has 0 aliphatic rings. The number of hydrogen-bond donors (Lipinski definition) is 0. The predicted molar refractivity (Wildman–Crippen MR) is 75.9 cm³/mol. The Labute approximate surface area is 117 Å². The van der Waals surface area contributed by atoms with Gasteiger partial charge in [0.2, 0.25) is 11.6 Å². The van der Waals surface area contributed by atoms with Gasteiger partial charge in [-0.15, -0.1) is 0 Å². The number of Topliss-reactive ketones (excluding diaryl/α,β-unsaturated/α-hetero) is 3. The quantitative estimate of drug-likeness (QED) is 0.617. The first-order chi connectivity index (χ1) is 9.59. The second-order valence-corrected chi connectivity index (χ2v) is 4.56. The molecular formula is C17H14O3. The zero-order valence-electron chi connectivity index (χ0n) is 11.1. The topological polar surface area (TPSA) is 51.2 Å². The van der Waals surface area contributed by atoms with E-state index in [1.54, 1.807) is 54.6 Å². The Hall–Kier alpha value is -2.55. The highest BCUT2D eigenvalue weighted by atomic mass is 16.2. The van der Waals surface area contributed by atoms with Gasteiger partial charge in [-0.2, -0.15) is 0 Å². The lowest BCUT2D eigenvalue weighted by Crippen LogP contribution is -2.17. The van der Waals surface area contributed by atoms with E-state index in [0.717, 1.165) is 0 Å². The van der Waals surface area contributed by atoms with Gasteiger partial charge in [0.05, 0.1) is 0 Å². The molecule has 0 saturated heterocycles. The molecule has 20 heavy (non-hydrogen) atoms. The summed E-state index contributed by atoms with van der Waals surface area (Å²) in [6.45, 7) is 1.46. The molecule has 0 bridgehead atoms. The molecule has 0 aliphatic heterocycles. The third-order valence-electron chi connectivity index (χ3n) is 2.94. The summed E-state index contributed by atoms with van der Waals surface area (Å²) in [6.07, 6.45) is 0.157. The molecule has 0 amide bonds. The van der Waals surface area contributed by atoms with Crippen molar-refractivity contribution in [3.05, 3.63) is 71.3 Å². The highest BCUT2D eigenvalue weighted by Crippen LogP contribution is 2.14. The van der Waals surface area contributed by atoms with Gasteiger partial charge in [-0.05, 0) is 12.5 Å². The fourth-order valence-corrected chi connectivity index (χ4v) is 2.01. The highest BCUT2D eigenvalue weighted by molar-refractivity contribution is 6.49. The maximum absolute atomic E-state index is 12.3. The first kappa shape index (κ1) is 13.9. The molecule has 0 saturated carbocycles. The SMILES string of the molecule is CC(=O)Cc1ccccc1C(=O)C(=O)c1ccccc1. The summed E-state index contributed by atoms with van der Waals surface area (Å²) < 4.78 is 0. The van der Waals surface area contributed by atoms with Crippen molar-refractivity contribution in [3.8, 4) is 0 Å². The van der Waals surface area contributed by atoms with Crippen LogP contribution in [0, 0.1) is 0 Å². The van der Waals surface area contributed by atoms with Crippen molar-refractivity contribution in [3.63, 3.8) is 0 Å².